The highest BCUT2D eigenvalue weighted by Gasteiger charge is 2.18. The van der Waals surface area contributed by atoms with Crippen LogP contribution in [0.15, 0.2) is 24.3 Å². The molecule has 0 radical (unpaired) electrons. The maximum absolute atomic E-state index is 12.2. The van der Waals surface area contributed by atoms with Crippen LogP contribution >= 0.6 is 45.8 Å². The van der Waals surface area contributed by atoms with E-state index in [1.807, 2.05) is 22.6 Å². The molecule has 0 aliphatic rings. The van der Waals surface area contributed by atoms with Crippen molar-refractivity contribution in [1.29, 1.82) is 0 Å². The number of halogens is 3. The van der Waals surface area contributed by atoms with Gasteiger partial charge in [0, 0.05) is 10.6 Å². The van der Waals surface area contributed by atoms with Gasteiger partial charge in [-0.1, -0.05) is 23.2 Å². The fourth-order valence-electron chi connectivity index (χ4n) is 1.75. The van der Waals surface area contributed by atoms with Crippen molar-refractivity contribution in [3.05, 3.63) is 49.3 Å². The van der Waals surface area contributed by atoms with Crippen LogP contribution in [0.2, 0.25) is 10.2 Å². The average molecular weight is 439 g/mol. The van der Waals surface area contributed by atoms with Gasteiger partial charge in [-0.05, 0) is 46.9 Å². The Morgan fingerprint density at radius 1 is 1.29 bits per heavy atom. The zero-order chi connectivity index (χ0) is 15.7. The van der Waals surface area contributed by atoms with Crippen molar-refractivity contribution in [1.82, 2.24) is 4.57 Å². The normalized spacial score (nSPS) is 10.5. The summed E-state index contributed by atoms with van der Waals surface area (Å²) in [4.78, 5) is 23.4. The molecule has 21 heavy (non-hydrogen) atoms. The number of carbonyl (C=O) groups excluding carboxylic acids is 1. The number of aromatic carboxylic acids is 1. The maximum atomic E-state index is 12.2. The third-order valence-electron chi connectivity index (χ3n) is 2.81. The molecule has 2 aromatic rings. The summed E-state index contributed by atoms with van der Waals surface area (Å²) < 4.78 is 2.18. The van der Waals surface area contributed by atoms with Crippen molar-refractivity contribution >= 4 is 63.4 Å². The van der Waals surface area contributed by atoms with E-state index in [0.717, 1.165) is 3.57 Å². The number of nitrogens with one attached hydrogen (secondary N) is 1. The molecular formula is C13H9Cl2IN2O3. The molecule has 1 aromatic heterocycles. The third-order valence-corrected chi connectivity index (χ3v) is 4.32. The molecule has 5 nitrogen and oxygen atoms in total. The van der Waals surface area contributed by atoms with E-state index < -0.39 is 11.9 Å². The first-order valence-electron chi connectivity index (χ1n) is 5.66. The lowest BCUT2D eigenvalue weighted by molar-refractivity contribution is 0.0698. The Morgan fingerprint density at radius 2 is 1.95 bits per heavy atom. The number of carbonyl (C=O) groups is 2. The second-order valence-corrected chi connectivity index (χ2v) is 6.19. The maximum Gasteiger partial charge on any atom is 0.337 e. The lowest BCUT2D eigenvalue weighted by Crippen LogP contribution is -2.17. The van der Waals surface area contributed by atoms with Crippen molar-refractivity contribution < 1.29 is 14.7 Å². The predicted molar refractivity (Wildman–Crippen MR) is 89.5 cm³/mol. The first-order chi connectivity index (χ1) is 9.81. The van der Waals surface area contributed by atoms with Gasteiger partial charge >= 0.3 is 5.97 Å². The van der Waals surface area contributed by atoms with Gasteiger partial charge in [0.1, 0.15) is 10.8 Å². The van der Waals surface area contributed by atoms with Gasteiger partial charge in [-0.25, -0.2) is 4.79 Å². The number of hydrogen-bond acceptors (Lipinski definition) is 2. The fraction of sp³-hybridized carbons (Fsp3) is 0.0769. The smallest absolute Gasteiger partial charge is 0.337 e. The number of benzene rings is 1. The molecule has 0 saturated heterocycles. The molecule has 8 heteroatoms. The van der Waals surface area contributed by atoms with Crippen LogP contribution in [-0.2, 0) is 7.05 Å². The SMILES string of the molecule is Cn1c(C(=O)Nc2ccc(I)cc2C(=O)O)cc(Cl)c1Cl. The molecule has 0 fully saturated rings. The van der Waals surface area contributed by atoms with Crippen molar-refractivity contribution in [2.24, 2.45) is 7.05 Å². The second-order valence-electron chi connectivity index (χ2n) is 4.18. The molecule has 0 bridgehead atoms. The molecule has 1 heterocycles. The number of anilines is 1. The van der Waals surface area contributed by atoms with Crippen LogP contribution in [0.5, 0.6) is 0 Å². The Hall–Kier alpha value is -1.25. The number of nitrogens with zero attached hydrogens (tertiary/aromatic N) is 1. The monoisotopic (exact) mass is 438 g/mol. The van der Waals surface area contributed by atoms with Gasteiger partial charge in [0.25, 0.3) is 5.91 Å². The number of carboxylic acids is 1. The summed E-state index contributed by atoms with van der Waals surface area (Å²) in [5.41, 5.74) is 0.461. The zero-order valence-corrected chi connectivity index (χ0v) is 14.3. The van der Waals surface area contributed by atoms with Gasteiger partial charge < -0.3 is 15.0 Å². The highest BCUT2D eigenvalue weighted by Crippen LogP contribution is 2.26. The standard InChI is InChI=1S/C13H9Cl2IN2O3/c1-18-10(5-8(14)11(18)15)12(19)17-9-3-2-6(16)4-7(9)13(20)21/h2-5H,1H3,(H,17,19)(H,20,21). The molecule has 2 N–H and O–H groups in total. The van der Waals surface area contributed by atoms with Crippen LogP contribution in [0.25, 0.3) is 0 Å². The number of amides is 1. The Balaban J connectivity index is 2.36. The largest absolute Gasteiger partial charge is 0.478 e. The minimum atomic E-state index is -1.12. The lowest BCUT2D eigenvalue weighted by Gasteiger charge is -2.09. The van der Waals surface area contributed by atoms with Crippen molar-refractivity contribution in [2.45, 2.75) is 0 Å². The van der Waals surface area contributed by atoms with Crippen LogP contribution in [0.3, 0.4) is 0 Å². The topological polar surface area (TPSA) is 71.3 Å². The second kappa shape index (κ2) is 6.25. The van der Waals surface area contributed by atoms with Crippen molar-refractivity contribution in [3.63, 3.8) is 0 Å². The number of hydrogen-bond donors (Lipinski definition) is 2. The zero-order valence-electron chi connectivity index (χ0n) is 10.7. The molecule has 0 spiro atoms. The summed E-state index contributed by atoms with van der Waals surface area (Å²) >= 11 is 13.8. The van der Waals surface area contributed by atoms with E-state index in [2.05, 4.69) is 5.32 Å². The summed E-state index contributed by atoms with van der Waals surface area (Å²) in [6, 6.07) is 6.14. The van der Waals surface area contributed by atoms with Gasteiger partial charge in [-0.15, -0.1) is 0 Å². The molecule has 1 amide bonds. The predicted octanol–water partition coefficient (Wildman–Crippen LogP) is 3.89. The first-order valence-corrected chi connectivity index (χ1v) is 7.49. The Kier molecular flexibility index (Phi) is 4.80. The van der Waals surface area contributed by atoms with E-state index in [1.165, 1.54) is 22.8 Å². The van der Waals surface area contributed by atoms with E-state index >= 15 is 0 Å². The van der Waals surface area contributed by atoms with Crippen LogP contribution in [0.4, 0.5) is 5.69 Å². The summed E-state index contributed by atoms with van der Waals surface area (Å²) in [7, 11) is 1.59. The van der Waals surface area contributed by atoms with Gasteiger partial charge in [-0.3, -0.25) is 4.79 Å². The quantitative estimate of drug-likeness (QED) is 0.714. The van der Waals surface area contributed by atoms with Gasteiger partial charge in [0.2, 0.25) is 0 Å². The fourth-order valence-corrected chi connectivity index (χ4v) is 2.62. The molecule has 0 saturated carbocycles. The molecule has 0 unspecified atom stereocenters. The Labute approximate surface area is 144 Å². The highest BCUT2D eigenvalue weighted by atomic mass is 127. The van der Waals surface area contributed by atoms with E-state index in [4.69, 9.17) is 23.2 Å². The molecule has 2 rings (SSSR count). The third kappa shape index (κ3) is 3.33. The Morgan fingerprint density at radius 3 is 2.48 bits per heavy atom. The first kappa shape index (κ1) is 16.1. The van der Waals surface area contributed by atoms with Crippen molar-refractivity contribution in [2.75, 3.05) is 5.32 Å². The van der Waals surface area contributed by atoms with E-state index in [1.54, 1.807) is 13.1 Å². The van der Waals surface area contributed by atoms with E-state index in [0.29, 0.717) is 0 Å². The number of rotatable bonds is 3. The summed E-state index contributed by atoms with van der Waals surface area (Å²) in [6.45, 7) is 0. The molecule has 0 aliphatic heterocycles. The van der Waals surface area contributed by atoms with E-state index in [-0.39, 0.29) is 27.1 Å². The molecule has 0 aliphatic carbocycles. The van der Waals surface area contributed by atoms with Crippen LogP contribution in [0.1, 0.15) is 20.8 Å². The minimum Gasteiger partial charge on any atom is -0.478 e. The van der Waals surface area contributed by atoms with Crippen molar-refractivity contribution in [3.8, 4) is 0 Å². The molecule has 110 valence electrons. The van der Waals surface area contributed by atoms with Crippen LogP contribution in [-0.4, -0.2) is 21.6 Å². The summed E-state index contributed by atoms with van der Waals surface area (Å²) in [6.07, 6.45) is 0. The highest BCUT2D eigenvalue weighted by molar-refractivity contribution is 14.1. The molecule has 0 atom stereocenters. The Bertz CT molecular complexity index is 743. The lowest BCUT2D eigenvalue weighted by atomic mass is 10.2. The van der Waals surface area contributed by atoms with E-state index in [9.17, 15) is 14.7 Å². The van der Waals surface area contributed by atoms with Crippen LogP contribution < -0.4 is 5.32 Å². The average Bonchev–Trinajstić information content (AvgIpc) is 2.68. The summed E-state index contributed by atoms with van der Waals surface area (Å²) in [5, 5.41) is 12.2. The number of aromatic nitrogens is 1. The van der Waals surface area contributed by atoms with Gasteiger partial charge in [0.05, 0.1) is 16.3 Å². The van der Waals surface area contributed by atoms with Crippen LogP contribution in [0, 0.1) is 3.57 Å². The minimum absolute atomic E-state index is 0.0154. The molecule has 1 aromatic carbocycles. The van der Waals surface area contributed by atoms with Gasteiger partial charge in [0.15, 0.2) is 0 Å². The summed E-state index contributed by atoms with van der Waals surface area (Å²) in [5.74, 6) is -1.61. The number of carboxylic acid groups (broad SMARTS) is 1. The van der Waals surface area contributed by atoms with Gasteiger partial charge in [-0.2, -0.15) is 0 Å². The molecular weight excluding hydrogens is 430 g/mol.